The number of nitrogens with one attached hydrogen (secondary N) is 1. The standard InChI is InChI=1S/C24H27NO3/c1-2-15-26-23-13-8-10-21(18-23)25-19-20-9-6-7-14-24(20)28-17-16-27-22-11-4-3-5-12-22/h3-14,18,25H,2,15-17,19H2,1H3. The third-order valence-electron chi connectivity index (χ3n) is 4.12. The minimum absolute atomic E-state index is 0.492. The minimum atomic E-state index is 0.492. The Balaban J connectivity index is 1.51. The van der Waals surface area contributed by atoms with Gasteiger partial charge in [0.1, 0.15) is 30.5 Å². The Morgan fingerprint density at radius 3 is 2.25 bits per heavy atom. The van der Waals surface area contributed by atoms with Gasteiger partial charge in [-0.3, -0.25) is 0 Å². The third kappa shape index (κ3) is 6.23. The molecular weight excluding hydrogens is 350 g/mol. The van der Waals surface area contributed by atoms with Crippen molar-refractivity contribution in [1.82, 2.24) is 0 Å². The second kappa shape index (κ2) is 10.9. The molecule has 0 spiro atoms. The fourth-order valence-electron chi connectivity index (χ4n) is 2.73. The molecule has 1 N–H and O–H groups in total. The van der Waals surface area contributed by atoms with Crippen LogP contribution >= 0.6 is 0 Å². The first-order valence-electron chi connectivity index (χ1n) is 9.70. The van der Waals surface area contributed by atoms with E-state index < -0.39 is 0 Å². The molecule has 0 radical (unpaired) electrons. The first kappa shape index (κ1) is 19.6. The molecule has 146 valence electrons. The molecule has 4 heteroatoms. The van der Waals surface area contributed by atoms with Gasteiger partial charge in [0.05, 0.1) is 6.61 Å². The van der Waals surface area contributed by atoms with Gasteiger partial charge in [-0.25, -0.2) is 0 Å². The number of hydrogen-bond donors (Lipinski definition) is 1. The Morgan fingerprint density at radius 1 is 0.679 bits per heavy atom. The Kier molecular flexibility index (Phi) is 7.62. The Hall–Kier alpha value is -3.14. The highest BCUT2D eigenvalue weighted by Gasteiger charge is 2.04. The summed E-state index contributed by atoms with van der Waals surface area (Å²) in [6, 6.07) is 25.9. The van der Waals surface area contributed by atoms with Gasteiger partial charge in [-0.1, -0.05) is 49.4 Å². The predicted molar refractivity (Wildman–Crippen MR) is 113 cm³/mol. The van der Waals surface area contributed by atoms with Crippen LogP contribution in [0.1, 0.15) is 18.9 Å². The van der Waals surface area contributed by atoms with E-state index in [1.54, 1.807) is 0 Å². The van der Waals surface area contributed by atoms with Gasteiger partial charge in [0.15, 0.2) is 0 Å². The van der Waals surface area contributed by atoms with Crippen molar-refractivity contribution in [2.45, 2.75) is 19.9 Å². The zero-order valence-corrected chi connectivity index (χ0v) is 16.3. The number of para-hydroxylation sites is 2. The van der Waals surface area contributed by atoms with E-state index in [0.29, 0.717) is 19.8 Å². The molecule has 0 atom stereocenters. The summed E-state index contributed by atoms with van der Waals surface area (Å²) in [6.45, 7) is 4.50. The van der Waals surface area contributed by atoms with Crippen molar-refractivity contribution < 1.29 is 14.2 Å². The fraction of sp³-hybridized carbons (Fsp3) is 0.250. The highest BCUT2D eigenvalue weighted by molar-refractivity contribution is 5.49. The number of hydrogen-bond acceptors (Lipinski definition) is 4. The van der Waals surface area contributed by atoms with Gasteiger partial charge in [0.2, 0.25) is 0 Å². The maximum atomic E-state index is 5.93. The van der Waals surface area contributed by atoms with Crippen molar-refractivity contribution in [2.75, 3.05) is 25.1 Å². The van der Waals surface area contributed by atoms with Crippen molar-refractivity contribution in [3.63, 3.8) is 0 Å². The molecule has 28 heavy (non-hydrogen) atoms. The highest BCUT2D eigenvalue weighted by atomic mass is 16.5. The predicted octanol–water partition coefficient (Wildman–Crippen LogP) is 5.55. The summed E-state index contributed by atoms with van der Waals surface area (Å²) < 4.78 is 17.3. The van der Waals surface area contributed by atoms with Crippen molar-refractivity contribution >= 4 is 5.69 Å². The second-order valence-electron chi connectivity index (χ2n) is 6.35. The maximum absolute atomic E-state index is 5.93. The third-order valence-corrected chi connectivity index (χ3v) is 4.12. The lowest BCUT2D eigenvalue weighted by atomic mass is 10.2. The highest BCUT2D eigenvalue weighted by Crippen LogP contribution is 2.22. The smallest absolute Gasteiger partial charge is 0.124 e. The van der Waals surface area contributed by atoms with Crippen molar-refractivity contribution in [3.8, 4) is 17.2 Å². The van der Waals surface area contributed by atoms with Crippen LogP contribution in [0.2, 0.25) is 0 Å². The van der Waals surface area contributed by atoms with Gasteiger partial charge in [0.25, 0.3) is 0 Å². The Morgan fingerprint density at radius 2 is 1.39 bits per heavy atom. The van der Waals surface area contributed by atoms with Crippen LogP contribution in [-0.4, -0.2) is 19.8 Å². The molecule has 0 bridgehead atoms. The van der Waals surface area contributed by atoms with Crippen LogP contribution in [-0.2, 0) is 6.54 Å². The van der Waals surface area contributed by atoms with Gasteiger partial charge in [-0.2, -0.15) is 0 Å². The molecule has 0 saturated carbocycles. The molecule has 0 aliphatic heterocycles. The van der Waals surface area contributed by atoms with Gasteiger partial charge in [0, 0.05) is 23.9 Å². The van der Waals surface area contributed by atoms with E-state index in [2.05, 4.69) is 18.3 Å². The summed E-state index contributed by atoms with van der Waals surface area (Å²) in [6.07, 6.45) is 0.996. The van der Waals surface area contributed by atoms with Gasteiger partial charge >= 0.3 is 0 Å². The van der Waals surface area contributed by atoms with Crippen LogP contribution in [0.3, 0.4) is 0 Å². The van der Waals surface area contributed by atoms with Crippen LogP contribution in [0.25, 0.3) is 0 Å². The average Bonchev–Trinajstić information content (AvgIpc) is 2.75. The largest absolute Gasteiger partial charge is 0.494 e. The summed E-state index contributed by atoms with van der Waals surface area (Å²) in [5.41, 5.74) is 2.12. The Labute approximate surface area is 167 Å². The molecule has 3 aromatic rings. The summed E-state index contributed by atoms with van der Waals surface area (Å²) in [4.78, 5) is 0. The lowest BCUT2D eigenvalue weighted by molar-refractivity contribution is 0.216. The zero-order valence-electron chi connectivity index (χ0n) is 16.3. The minimum Gasteiger partial charge on any atom is -0.494 e. The molecule has 0 aliphatic rings. The molecule has 0 fully saturated rings. The molecule has 3 rings (SSSR count). The van der Waals surface area contributed by atoms with E-state index in [0.717, 1.165) is 41.5 Å². The van der Waals surface area contributed by atoms with E-state index >= 15 is 0 Å². The van der Waals surface area contributed by atoms with Crippen LogP contribution in [0, 0.1) is 0 Å². The Bertz CT molecular complexity index is 836. The second-order valence-corrected chi connectivity index (χ2v) is 6.35. The SMILES string of the molecule is CCCOc1cccc(NCc2ccccc2OCCOc2ccccc2)c1. The van der Waals surface area contributed by atoms with Gasteiger partial charge in [-0.15, -0.1) is 0 Å². The van der Waals surface area contributed by atoms with Crippen LogP contribution in [0.5, 0.6) is 17.2 Å². The molecule has 0 aliphatic carbocycles. The summed E-state index contributed by atoms with van der Waals surface area (Å²) >= 11 is 0. The number of benzene rings is 3. The molecule has 0 unspecified atom stereocenters. The lowest BCUT2D eigenvalue weighted by Crippen LogP contribution is -2.11. The maximum Gasteiger partial charge on any atom is 0.124 e. The topological polar surface area (TPSA) is 39.7 Å². The molecular formula is C24H27NO3. The fourth-order valence-corrected chi connectivity index (χ4v) is 2.73. The monoisotopic (exact) mass is 377 g/mol. The van der Waals surface area contributed by atoms with E-state index in [1.807, 2.05) is 72.8 Å². The number of anilines is 1. The first-order chi connectivity index (χ1) is 13.8. The van der Waals surface area contributed by atoms with Gasteiger partial charge in [-0.05, 0) is 36.8 Å². The van der Waals surface area contributed by atoms with Crippen molar-refractivity contribution in [3.05, 3.63) is 84.4 Å². The summed E-state index contributed by atoms with van der Waals surface area (Å²) in [5, 5.41) is 3.44. The molecule has 0 saturated heterocycles. The number of ether oxygens (including phenoxy) is 3. The van der Waals surface area contributed by atoms with Crippen molar-refractivity contribution in [1.29, 1.82) is 0 Å². The van der Waals surface area contributed by atoms with Crippen LogP contribution in [0.15, 0.2) is 78.9 Å². The van der Waals surface area contributed by atoms with Gasteiger partial charge < -0.3 is 19.5 Å². The summed E-state index contributed by atoms with van der Waals surface area (Å²) in [5.74, 6) is 2.60. The molecule has 4 nitrogen and oxygen atoms in total. The van der Waals surface area contributed by atoms with E-state index in [4.69, 9.17) is 14.2 Å². The molecule has 0 amide bonds. The van der Waals surface area contributed by atoms with E-state index in [-0.39, 0.29) is 0 Å². The first-order valence-corrected chi connectivity index (χ1v) is 9.70. The molecule has 0 aromatic heterocycles. The van der Waals surface area contributed by atoms with Crippen molar-refractivity contribution in [2.24, 2.45) is 0 Å². The molecule has 0 heterocycles. The normalized spacial score (nSPS) is 10.3. The average molecular weight is 377 g/mol. The quantitative estimate of drug-likeness (QED) is 0.445. The summed E-state index contributed by atoms with van der Waals surface area (Å²) in [7, 11) is 0. The van der Waals surface area contributed by atoms with Crippen LogP contribution in [0.4, 0.5) is 5.69 Å². The van der Waals surface area contributed by atoms with Crippen LogP contribution < -0.4 is 19.5 Å². The van der Waals surface area contributed by atoms with E-state index in [9.17, 15) is 0 Å². The zero-order chi connectivity index (χ0) is 19.4. The van der Waals surface area contributed by atoms with E-state index in [1.165, 1.54) is 0 Å². The number of rotatable bonds is 11. The molecule has 3 aromatic carbocycles. The lowest BCUT2D eigenvalue weighted by Gasteiger charge is -2.14.